The first kappa shape index (κ1) is 21.6. The fourth-order valence-corrected chi connectivity index (χ4v) is 5.11. The summed E-state index contributed by atoms with van der Waals surface area (Å²) in [5.74, 6) is -0.261. The van der Waals surface area contributed by atoms with Gasteiger partial charge in [-0.15, -0.1) is 0 Å². The molecule has 1 aliphatic heterocycles. The van der Waals surface area contributed by atoms with Crippen LogP contribution in [0.4, 0.5) is 5.69 Å². The molecule has 2 aromatic rings. The lowest BCUT2D eigenvalue weighted by Gasteiger charge is -2.15. The molecule has 2 aromatic carbocycles. The van der Waals surface area contributed by atoms with Crippen LogP contribution in [0.2, 0.25) is 0 Å². The summed E-state index contributed by atoms with van der Waals surface area (Å²) in [6.07, 6.45) is 0.600. The average molecular weight is 432 g/mol. The van der Waals surface area contributed by atoms with E-state index in [0.29, 0.717) is 30.0 Å². The molecule has 0 aliphatic carbocycles. The zero-order valence-corrected chi connectivity index (χ0v) is 17.9. The van der Waals surface area contributed by atoms with Crippen molar-refractivity contribution >= 4 is 27.5 Å². The van der Waals surface area contributed by atoms with Crippen LogP contribution in [0.25, 0.3) is 0 Å². The van der Waals surface area contributed by atoms with Crippen molar-refractivity contribution < 1.29 is 27.5 Å². The quantitative estimate of drug-likeness (QED) is 0.718. The highest BCUT2D eigenvalue weighted by atomic mass is 32.2. The monoisotopic (exact) mass is 432 g/mol. The largest absolute Gasteiger partial charge is 0.493 e. The number of sulfonamides is 1. The first-order valence-corrected chi connectivity index (χ1v) is 11.0. The standard InChI is InChI=1S/C21H24N2O6S/c1-14-13-30(26,27)23(21(14)25)17-7-5-16(6-8-17)20(24)22-11-10-15-4-9-18(28-2)19(12-15)29-3/h4-9,12,14H,10-11,13H2,1-3H3,(H,22,24)/t14-/m0/s1. The summed E-state index contributed by atoms with van der Waals surface area (Å²) in [6, 6.07) is 11.5. The molecule has 0 bridgehead atoms. The summed E-state index contributed by atoms with van der Waals surface area (Å²) in [6.45, 7) is 1.99. The third-order valence-corrected chi connectivity index (χ3v) is 6.74. The van der Waals surface area contributed by atoms with Gasteiger partial charge in [-0.25, -0.2) is 12.7 Å². The highest BCUT2D eigenvalue weighted by molar-refractivity contribution is 7.94. The molecule has 30 heavy (non-hydrogen) atoms. The molecule has 2 amide bonds. The lowest BCUT2D eigenvalue weighted by atomic mass is 10.1. The number of amides is 2. The number of ether oxygens (including phenoxy) is 2. The van der Waals surface area contributed by atoms with E-state index >= 15 is 0 Å². The first-order valence-electron chi connectivity index (χ1n) is 9.43. The number of nitrogens with zero attached hydrogens (tertiary/aromatic N) is 1. The second-order valence-electron chi connectivity index (χ2n) is 7.02. The second kappa shape index (κ2) is 8.74. The molecule has 0 unspecified atom stereocenters. The number of carbonyl (C=O) groups is 2. The maximum atomic E-state index is 12.4. The third kappa shape index (κ3) is 4.40. The number of methoxy groups -OCH3 is 2. The van der Waals surface area contributed by atoms with E-state index in [-0.39, 0.29) is 17.3 Å². The Balaban J connectivity index is 1.61. The Bertz CT molecular complexity index is 1050. The van der Waals surface area contributed by atoms with Crippen molar-refractivity contribution in [1.82, 2.24) is 5.32 Å². The maximum Gasteiger partial charge on any atom is 0.251 e. The molecule has 0 radical (unpaired) electrons. The minimum absolute atomic E-state index is 0.204. The highest BCUT2D eigenvalue weighted by Crippen LogP contribution is 2.29. The fraction of sp³-hybridized carbons (Fsp3) is 0.333. The number of nitrogens with one attached hydrogen (secondary N) is 1. The summed E-state index contributed by atoms with van der Waals surface area (Å²) < 4.78 is 35.6. The van der Waals surface area contributed by atoms with Gasteiger partial charge >= 0.3 is 0 Å². The molecule has 0 aromatic heterocycles. The average Bonchev–Trinajstić information content (AvgIpc) is 2.94. The molecule has 0 saturated carbocycles. The van der Waals surface area contributed by atoms with Crippen LogP contribution in [0.15, 0.2) is 42.5 Å². The molecular weight excluding hydrogens is 408 g/mol. The topological polar surface area (TPSA) is 102 Å². The van der Waals surface area contributed by atoms with E-state index in [1.807, 2.05) is 18.2 Å². The molecule has 1 heterocycles. The van der Waals surface area contributed by atoms with Crippen molar-refractivity contribution in [3.63, 3.8) is 0 Å². The number of benzene rings is 2. The summed E-state index contributed by atoms with van der Waals surface area (Å²) in [7, 11) is -0.531. The van der Waals surface area contributed by atoms with Gasteiger partial charge in [0.25, 0.3) is 5.91 Å². The lowest BCUT2D eigenvalue weighted by molar-refractivity contribution is -0.119. The predicted molar refractivity (Wildman–Crippen MR) is 112 cm³/mol. The van der Waals surface area contributed by atoms with Crippen LogP contribution in [0.5, 0.6) is 11.5 Å². The summed E-state index contributed by atoms with van der Waals surface area (Å²) in [5.41, 5.74) is 1.60. The van der Waals surface area contributed by atoms with Gasteiger partial charge in [-0.1, -0.05) is 13.0 Å². The minimum atomic E-state index is -3.66. The summed E-state index contributed by atoms with van der Waals surface area (Å²) in [5, 5.41) is 2.82. The van der Waals surface area contributed by atoms with Gasteiger partial charge in [0.1, 0.15) is 0 Å². The third-order valence-electron chi connectivity index (χ3n) is 4.87. The molecule has 1 saturated heterocycles. The number of hydrogen-bond acceptors (Lipinski definition) is 6. The Morgan fingerprint density at radius 1 is 1.10 bits per heavy atom. The Kier molecular flexibility index (Phi) is 6.31. The van der Waals surface area contributed by atoms with Crippen molar-refractivity contribution in [3.05, 3.63) is 53.6 Å². The fourth-order valence-electron chi connectivity index (χ4n) is 3.29. The van der Waals surface area contributed by atoms with Gasteiger partial charge in [0.05, 0.1) is 31.6 Å². The summed E-state index contributed by atoms with van der Waals surface area (Å²) >= 11 is 0. The second-order valence-corrected chi connectivity index (χ2v) is 8.89. The van der Waals surface area contributed by atoms with Gasteiger partial charge in [0, 0.05) is 12.1 Å². The van der Waals surface area contributed by atoms with Gasteiger partial charge in [0.2, 0.25) is 15.9 Å². The van der Waals surface area contributed by atoms with Gasteiger partial charge in [-0.2, -0.15) is 0 Å². The van der Waals surface area contributed by atoms with Crippen molar-refractivity contribution in [3.8, 4) is 11.5 Å². The molecule has 1 fully saturated rings. The van der Waals surface area contributed by atoms with Crippen molar-refractivity contribution in [2.24, 2.45) is 5.92 Å². The van der Waals surface area contributed by atoms with Crippen molar-refractivity contribution in [2.45, 2.75) is 13.3 Å². The van der Waals surface area contributed by atoms with Crippen LogP contribution in [0.1, 0.15) is 22.8 Å². The lowest BCUT2D eigenvalue weighted by Crippen LogP contribution is -2.30. The molecular formula is C21H24N2O6S. The molecule has 1 atom stereocenters. The van der Waals surface area contributed by atoms with E-state index in [0.717, 1.165) is 9.87 Å². The van der Waals surface area contributed by atoms with E-state index in [9.17, 15) is 18.0 Å². The SMILES string of the molecule is COc1ccc(CCNC(=O)c2ccc(N3C(=O)[C@@H](C)CS3(=O)=O)cc2)cc1OC. The molecule has 3 rings (SSSR count). The zero-order chi connectivity index (χ0) is 21.9. The van der Waals surface area contributed by atoms with E-state index in [1.165, 1.54) is 24.3 Å². The van der Waals surface area contributed by atoms with Crippen LogP contribution < -0.4 is 19.1 Å². The van der Waals surface area contributed by atoms with Gasteiger partial charge in [-0.3, -0.25) is 9.59 Å². The van der Waals surface area contributed by atoms with E-state index in [1.54, 1.807) is 21.1 Å². The summed E-state index contributed by atoms with van der Waals surface area (Å²) in [4.78, 5) is 24.5. The number of carbonyl (C=O) groups excluding carboxylic acids is 2. The predicted octanol–water partition coefficient (Wildman–Crippen LogP) is 1.99. The van der Waals surface area contributed by atoms with Crippen LogP contribution in [-0.2, 0) is 21.2 Å². The molecule has 160 valence electrons. The van der Waals surface area contributed by atoms with Crippen LogP contribution in [-0.4, -0.2) is 46.7 Å². The Morgan fingerprint density at radius 2 is 1.77 bits per heavy atom. The van der Waals surface area contributed by atoms with Gasteiger partial charge in [-0.05, 0) is 48.4 Å². The smallest absolute Gasteiger partial charge is 0.251 e. The van der Waals surface area contributed by atoms with Crippen molar-refractivity contribution in [1.29, 1.82) is 0 Å². The Labute approximate surface area is 175 Å². The van der Waals surface area contributed by atoms with Gasteiger partial charge in [0.15, 0.2) is 11.5 Å². The highest BCUT2D eigenvalue weighted by Gasteiger charge is 2.41. The maximum absolute atomic E-state index is 12.4. The number of anilines is 1. The normalized spacial score (nSPS) is 17.6. The number of rotatable bonds is 7. The van der Waals surface area contributed by atoms with Crippen LogP contribution in [0.3, 0.4) is 0 Å². The molecule has 8 nitrogen and oxygen atoms in total. The number of hydrogen-bond donors (Lipinski definition) is 1. The van der Waals surface area contributed by atoms with E-state index < -0.39 is 21.8 Å². The van der Waals surface area contributed by atoms with E-state index in [4.69, 9.17) is 9.47 Å². The van der Waals surface area contributed by atoms with Gasteiger partial charge < -0.3 is 14.8 Å². The van der Waals surface area contributed by atoms with Crippen molar-refractivity contribution in [2.75, 3.05) is 30.8 Å². The Morgan fingerprint density at radius 3 is 2.33 bits per heavy atom. The minimum Gasteiger partial charge on any atom is -0.493 e. The molecule has 0 spiro atoms. The molecule has 1 aliphatic rings. The Hall–Kier alpha value is -3.07. The zero-order valence-electron chi connectivity index (χ0n) is 17.0. The molecule has 1 N–H and O–H groups in total. The van der Waals surface area contributed by atoms with E-state index in [2.05, 4.69) is 5.32 Å². The van der Waals surface area contributed by atoms with Crippen LogP contribution in [0, 0.1) is 5.92 Å². The van der Waals surface area contributed by atoms with Crippen LogP contribution >= 0.6 is 0 Å². The first-order chi connectivity index (χ1) is 14.3. The molecule has 9 heteroatoms.